The summed E-state index contributed by atoms with van der Waals surface area (Å²) >= 11 is 1.95. The van der Waals surface area contributed by atoms with Gasteiger partial charge in [-0.25, -0.2) is 0 Å². The van der Waals surface area contributed by atoms with Crippen LogP contribution in [0.1, 0.15) is 76.2 Å². The summed E-state index contributed by atoms with van der Waals surface area (Å²) in [6.45, 7) is 17.0. The van der Waals surface area contributed by atoms with Crippen molar-refractivity contribution in [2.75, 3.05) is 112 Å². The largest absolute Gasteiger partial charge is 0.493 e. The number of carbonyl (C=O) groups is 2. The Labute approximate surface area is 430 Å². The van der Waals surface area contributed by atoms with Crippen LogP contribution in [0.3, 0.4) is 0 Å². The fourth-order valence-corrected chi connectivity index (χ4v) is 12.5. The van der Waals surface area contributed by atoms with E-state index in [4.69, 9.17) is 28.4 Å². The van der Waals surface area contributed by atoms with Gasteiger partial charge in [0.2, 0.25) is 0 Å². The number of ether oxygens (including phenoxy) is 6. The molecule has 0 radical (unpaired) electrons. The first kappa shape index (κ1) is 51.0. The van der Waals surface area contributed by atoms with E-state index in [0.29, 0.717) is 80.5 Å². The Balaban J connectivity index is 1.01. The van der Waals surface area contributed by atoms with Gasteiger partial charge in [0.15, 0.2) is 11.5 Å². The van der Waals surface area contributed by atoms with Crippen molar-refractivity contribution < 1.29 is 38.0 Å². The van der Waals surface area contributed by atoms with Crippen molar-refractivity contribution in [2.45, 2.75) is 82.8 Å². The molecule has 4 aliphatic heterocycles. The van der Waals surface area contributed by atoms with Crippen molar-refractivity contribution in [3.8, 4) is 17.2 Å². The number of aryl methyl sites for hydroxylation is 1. The maximum Gasteiger partial charge on any atom is 0.260 e. The zero-order valence-corrected chi connectivity index (χ0v) is 44.3. The maximum atomic E-state index is 14.4. The third kappa shape index (κ3) is 11.0. The van der Waals surface area contributed by atoms with E-state index < -0.39 is 0 Å². The fourth-order valence-electron chi connectivity index (χ4n) is 11.0. The second kappa shape index (κ2) is 22.0. The Morgan fingerprint density at radius 3 is 1.75 bits per heavy atom. The summed E-state index contributed by atoms with van der Waals surface area (Å²) in [6.07, 6.45) is 1.63. The summed E-state index contributed by atoms with van der Waals surface area (Å²) in [5.41, 5.74) is 11.1. The van der Waals surface area contributed by atoms with Crippen LogP contribution in [0.25, 0.3) is 0 Å². The molecule has 0 saturated heterocycles. The smallest absolute Gasteiger partial charge is 0.260 e. The molecular weight excluding hydrogens is 927 g/mol. The lowest BCUT2D eigenvalue weighted by Crippen LogP contribution is -2.41. The van der Waals surface area contributed by atoms with Crippen LogP contribution in [-0.4, -0.2) is 121 Å². The van der Waals surface area contributed by atoms with Gasteiger partial charge in [-0.2, -0.15) is 11.8 Å². The molecule has 5 aromatic carbocycles. The zero-order valence-electron chi connectivity index (χ0n) is 43.5. The summed E-state index contributed by atoms with van der Waals surface area (Å²) < 4.78 is 36.4. The molecule has 4 heterocycles. The highest BCUT2D eigenvalue weighted by Gasteiger charge is 2.41. The molecule has 0 saturated carbocycles. The van der Waals surface area contributed by atoms with E-state index >= 15 is 0 Å². The maximum absolute atomic E-state index is 14.4. The van der Waals surface area contributed by atoms with Gasteiger partial charge in [0.1, 0.15) is 19.0 Å². The first-order valence-electron chi connectivity index (χ1n) is 25.3. The van der Waals surface area contributed by atoms with Crippen LogP contribution in [0, 0.1) is 6.92 Å². The van der Waals surface area contributed by atoms with Gasteiger partial charge in [-0.15, -0.1) is 0 Å². The molecule has 0 spiro atoms. The summed E-state index contributed by atoms with van der Waals surface area (Å²) in [7, 11) is 7.39. The van der Waals surface area contributed by atoms with Gasteiger partial charge in [-0.1, -0.05) is 50.2 Å². The molecule has 5 aromatic rings. The minimum Gasteiger partial charge on any atom is -0.493 e. The molecule has 13 nitrogen and oxygen atoms in total. The van der Waals surface area contributed by atoms with Crippen molar-refractivity contribution in [1.29, 1.82) is 0 Å². The SMILES string of the molecule is COCCOCCOCCN(CC(C)(C)SC(C)C)c1cc(COc2cc3c(cc2C)C(=O)N2c4ccccc4C[C@H]2CN3C)cc(COc2cc3c(cc2OC)C(=O)N2c4ccccc4C[C@H]2CN3C)c1. The number of thioether (sulfide) groups is 1. The number of nitrogens with zero attached hydrogens (tertiary/aromatic N) is 5. The van der Waals surface area contributed by atoms with Crippen LogP contribution in [0.2, 0.25) is 0 Å². The molecule has 0 unspecified atom stereocenters. The quantitative estimate of drug-likeness (QED) is 0.0654. The average Bonchev–Trinajstić information content (AvgIpc) is 3.86. The van der Waals surface area contributed by atoms with E-state index in [9.17, 15) is 9.59 Å². The van der Waals surface area contributed by atoms with Gasteiger partial charge in [-0.05, 0) is 109 Å². The Kier molecular flexibility index (Phi) is 15.6. The lowest BCUT2D eigenvalue weighted by molar-refractivity contribution is 0.0264. The topological polar surface area (TPSA) is 106 Å². The lowest BCUT2D eigenvalue weighted by atomic mass is 10.1. The van der Waals surface area contributed by atoms with Crippen LogP contribution >= 0.6 is 11.8 Å². The highest BCUT2D eigenvalue weighted by Crippen LogP contribution is 2.44. The number of hydrogen-bond acceptors (Lipinski definition) is 12. The molecule has 0 aromatic heterocycles. The van der Waals surface area contributed by atoms with Crippen molar-refractivity contribution >= 4 is 52.0 Å². The van der Waals surface area contributed by atoms with Crippen LogP contribution in [0.4, 0.5) is 28.4 Å². The third-order valence-corrected chi connectivity index (χ3v) is 15.3. The van der Waals surface area contributed by atoms with Crippen molar-refractivity contribution in [1.82, 2.24) is 0 Å². The molecule has 14 heteroatoms. The molecule has 2 amide bonds. The zero-order chi connectivity index (χ0) is 50.7. The van der Waals surface area contributed by atoms with Gasteiger partial charge in [0.25, 0.3) is 11.8 Å². The van der Waals surface area contributed by atoms with E-state index in [-0.39, 0.29) is 41.9 Å². The number of carbonyl (C=O) groups excluding carboxylic acids is 2. The predicted octanol–water partition coefficient (Wildman–Crippen LogP) is 9.61. The highest BCUT2D eigenvalue weighted by atomic mass is 32.2. The molecule has 0 aliphatic carbocycles. The Morgan fingerprint density at radius 2 is 1.18 bits per heavy atom. The van der Waals surface area contributed by atoms with Gasteiger partial charge >= 0.3 is 0 Å². The van der Waals surface area contributed by atoms with E-state index in [1.807, 2.05) is 90.1 Å². The predicted molar refractivity (Wildman–Crippen MR) is 290 cm³/mol. The summed E-state index contributed by atoms with van der Waals surface area (Å²) in [6, 6.07) is 30.9. The summed E-state index contributed by atoms with van der Waals surface area (Å²) in [4.78, 5) is 39.4. The average molecular weight is 998 g/mol. The Morgan fingerprint density at radius 1 is 0.653 bits per heavy atom. The molecule has 4 aliphatic rings. The van der Waals surface area contributed by atoms with E-state index in [2.05, 4.69) is 85.8 Å². The lowest BCUT2D eigenvalue weighted by Gasteiger charge is -2.35. The number of para-hydroxylation sites is 2. The highest BCUT2D eigenvalue weighted by molar-refractivity contribution is 8.01. The molecular formula is C58H71N5O8S. The minimum atomic E-state index is -0.0873. The number of methoxy groups -OCH3 is 2. The number of rotatable bonds is 21. The van der Waals surface area contributed by atoms with Crippen molar-refractivity contribution in [3.05, 3.63) is 130 Å². The van der Waals surface area contributed by atoms with Gasteiger partial charge in [-0.3, -0.25) is 9.59 Å². The molecule has 72 heavy (non-hydrogen) atoms. The first-order valence-corrected chi connectivity index (χ1v) is 26.2. The number of anilines is 5. The van der Waals surface area contributed by atoms with Gasteiger partial charge in [0.05, 0.1) is 74.7 Å². The second-order valence-corrected chi connectivity index (χ2v) is 22.7. The standard InChI is InChI=1S/C58H71N5O8S/c1-38(2)72-58(4,5)37-61(18-19-68-22-23-69-21-20-66-8)44-26-40(35-70-53-31-51-47(24-39(53)3)56(64)62-45(33-59(51)6)28-42-14-10-12-16-49(42)62)25-41(27-44)36-71-55-32-52-48(30-54(55)67-9)57(65)63-46(34-60(52)7)29-43-15-11-13-17-50(43)63/h10-17,24-27,30-32,38,45-46H,18-23,28-29,33-37H2,1-9H3/t45-,46-/m0/s1. The number of fused-ring (bicyclic) bond motifs is 8. The summed E-state index contributed by atoms with van der Waals surface area (Å²) in [5.74, 6) is 1.75. The molecule has 0 fully saturated rings. The monoisotopic (exact) mass is 998 g/mol. The number of amides is 2. The van der Waals surface area contributed by atoms with E-state index in [1.165, 1.54) is 11.1 Å². The van der Waals surface area contributed by atoms with Crippen LogP contribution in [-0.2, 0) is 40.3 Å². The molecule has 382 valence electrons. The third-order valence-electron chi connectivity index (χ3n) is 14.0. The minimum absolute atomic E-state index is 0.0198. The molecule has 0 bridgehead atoms. The van der Waals surface area contributed by atoms with Crippen LogP contribution in [0.5, 0.6) is 17.2 Å². The number of benzene rings is 5. The summed E-state index contributed by atoms with van der Waals surface area (Å²) in [5, 5.41) is 0.440. The van der Waals surface area contributed by atoms with E-state index in [0.717, 1.165) is 70.3 Å². The molecule has 0 N–H and O–H groups in total. The van der Waals surface area contributed by atoms with E-state index in [1.54, 1.807) is 14.2 Å². The fraction of sp³-hybridized carbons (Fsp3) is 0.448. The van der Waals surface area contributed by atoms with Crippen LogP contribution in [0.15, 0.2) is 91.0 Å². The molecule has 2 atom stereocenters. The molecule has 9 rings (SSSR count). The Hall–Kier alpha value is -5.93. The number of likely N-dealkylation sites (N-methyl/N-ethyl adjacent to an activating group) is 2. The van der Waals surface area contributed by atoms with Crippen molar-refractivity contribution in [2.24, 2.45) is 0 Å². The van der Waals surface area contributed by atoms with Gasteiger partial charge < -0.3 is 52.9 Å². The van der Waals surface area contributed by atoms with Gasteiger partial charge in [0, 0.05) is 81.3 Å². The van der Waals surface area contributed by atoms with Crippen LogP contribution < -0.4 is 38.7 Å². The van der Waals surface area contributed by atoms with Crippen molar-refractivity contribution in [3.63, 3.8) is 0 Å². The number of hydrogen-bond donors (Lipinski definition) is 0. The normalized spacial score (nSPS) is 17.0. The first-order chi connectivity index (χ1) is 34.7. The Bertz CT molecular complexity index is 2770. The second-order valence-electron chi connectivity index (χ2n) is 20.4.